The summed E-state index contributed by atoms with van der Waals surface area (Å²) in [5.41, 5.74) is -0.463. The lowest BCUT2D eigenvalue weighted by molar-refractivity contribution is -0.141. The third kappa shape index (κ3) is 7.85. The van der Waals surface area contributed by atoms with Gasteiger partial charge in [0.2, 0.25) is 15.9 Å². The molecule has 33 heavy (non-hydrogen) atoms. The van der Waals surface area contributed by atoms with Crippen LogP contribution in [0, 0.1) is 5.82 Å². The van der Waals surface area contributed by atoms with E-state index in [1.807, 2.05) is 11.6 Å². The molecule has 180 valence electrons. The standard InChI is InChI=1S/C22H25F4N3O3S/c1-4-5-6-7-18-16(9-11-20(28-18)22(24,25)26)13-27-21(30)14(2)15-8-10-19(17(23)12-15)29-33(3,31)32/h6-12,14,29H,4-5,13H2,1-3H3,(H,27,30)/b7-6-. The number of carbonyl (C=O) groups excluding carboxylic acids is 1. The van der Waals surface area contributed by atoms with E-state index in [1.54, 1.807) is 6.08 Å². The normalized spacial score (nSPS) is 13.2. The fourth-order valence-corrected chi connectivity index (χ4v) is 3.45. The fourth-order valence-electron chi connectivity index (χ4n) is 2.89. The Hall–Kier alpha value is -2.95. The van der Waals surface area contributed by atoms with E-state index in [9.17, 15) is 30.8 Å². The number of benzene rings is 1. The van der Waals surface area contributed by atoms with Gasteiger partial charge in [0.25, 0.3) is 0 Å². The summed E-state index contributed by atoms with van der Waals surface area (Å²) in [5, 5.41) is 2.63. The van der Waals surface area contributed by atoms with Crippen molar-refractivity contribution in [3.05, 3.63) is 64.7 Å². The number of halogens is 4. The van der Waals surface area contributed by atoms with Crippen LogP contribution in [-0.2, 0) is 27.5 Å². The maximum Gasteiger partial charge on any atom is 0.433 e. The van der Waals surface area contributed by atoms with Crippen molar-refractivity contribution >= 4 is 27.7 Å². The Kier molecular flexibility index (Phi) is 8.59. The van der Waals surface area contributed by atoms with Gasteiger partial charge in [-0.15, -0.1) is 0 Å². The van der Waals surface area contributed by atoms with E-state index in [1.165, 1.54) is 31.2 Å². The lowest BCUT2D eigenvalue weighted by Gasteiger charge is -2.15. The molecule has 1 unspecified atom stereocenters. The van der Waals surface area contributed by atoms with Gasteiger partial charge < -0.3 is 5.32 Å². The zero-order valence-electron chi connectivity index (χ0n) is 18.3. The largest absolute Gasteiger partial charge is 0.433 e. The third-order valence-electron chi connectivity index (χ3n) is 4.67. The lowest BCUT2D eigenvalue weighted by atomic mass is 9.99. The van der Waals surface area contributed by atoms with E-state index in [2.05, 4.69) is 10.3 Å². The van der Waals surface area contributed by atoms with Crippen molar-refractivity contribution < 1.29 is 30.8 Å². The van der Waals surface area contributed by atoms with Crippen LogP contribution in [0.2, 0.25) is 0 Å². The SMILES string of the molecule is CCC/C=C\c1nc(C(F)(F)F)ccc1CNC(=O)C(C)c1ccc(NS(C)(=O)=O)c(F)c1. The van der Waals surface area contributed by atoms with Crippen LogP contribution >= 0.6 is 0 Å². The highest BCUT2D eigenvalue weighted by Crippen LogP contribution is 2.29. The van der Waals surface area contributed by atoms with Gasteiger partial charge in [0.15, 0.2) is 0 Å². The zero-order chi connectivity index (χ0) is 24.8. The van der Waals surface area contributed by atoms with Crippen molar-refractivity contribution in [3.8, 4) is 0 Å². The number of nitrogens with zero attached hydrogens (tertiary/aromatic N) is 1. The molecule has 0 radical (unpaired) electrons. The molecule has 2 aromatic rings. The van der Waals surface area contributed by atoms with Crippen LogP contribution in [0.1, 0.15) is 55.1 Å². The Bertz CT molecular complexity index is 1130. The monoisotopic (exact) mass is 487 g/mol. The summed E-state index contributed by atoms with van der Waals surface area (Å²) >= 11 is 0. The zero-order valence-corrected chi connectivity index (χ0v) is 19.1. The van der Waals surface area contributed by atoms with Crippen molar-refractivity contribution in [2.45, 2.75) is 45.3 Å². The van der Waals surface area contributed by atoms with Crippen LogP contribution in [0.15, 0.2) is 36.4 Å². The van der Waals surface area contributed by atoms with Crippen LogP contribution in [0.4, 0.5) is 23.2 Å². The second-order valence-electron chi connectivity index (χ2n) is 7.48. The van der Waals surface area contributed by atoms with Gasteiger partial charge in [0.05, 0.1) is 23.6 Å². The van der Waals surface area contributed by atoms with Crippen molar-refractivity contribution in [1.82, 2.24) is 10.3 Å². The van der Waals surface area contributed by atoms with Gasteiger partial charge in [-0.25, -0.2) is 17.8 Å². The van der Waals surface area contributed by atoms with Gasteiger partial charge in [-0.2, -0.15) is 13.2 Å². The Balaban J connectivity index is 2.17. The van der Waals surface area contributed by atoms with Gasteiger partial charge >= 0.3 is 6.18 Å². The first-order valence-electron chi connectivity index (χ1n) is 10.1. The van der Waals surface area contributed by atoms with E-state index in [4.69, 9.17) is 0 Å². The Morgan fingerprint density at radius 3 is 2.48 bits per heavy atom. The number of unbranched alkanes of at least 4 members (excludes halogenated alkanes) is 1. The van der Waals surface area contributed by atoms with Crippen molar-refractivity contribution in [3.63, 3.8) is 0 Å². The molecule has 1 heterocycles. The van der Waals surface area contributed by atoms with Gasteiger partial charge in [-0.05, 0) is 48.7 Å². The van der Waals surface area contributed by atoms with Crippen molar-refractivity contribution in [2.24, 2.45) is 0 Å². The molecular weight excluding hydrogens is 462 g/mol. The van der Waals surface area contributed by atoms with E-state index in [0.717, 1.165) is 24.8 Å². The van der Waals surface area contributed by atoms with Crippen LogP contribution < -0.4 is 10.0 Å². The summed E-state index contributed by atoms with van der Waals surface area (Å²) in [6.45, 7) is 3.39. The van der Waals surface area contributed by atoms with Gasteiger partial charge in [0.1, 0.15) is 11.5 Å². The number of anilines is 1. The van der Waals surface area contributed by atoms with Gasteiger partial charge in [-0.1, -0.05) is 31.6 Å². The number of sulfonamides is 1. The number of carbonyl (C=O) groups is 1. The molecular formula is C22H25F4N3O3S. The lowest BCUT2D eigenvalue weighted by Crippen LogP contribution is -2.28. The van der Waals surface area contributed by atoms with Crippen LogP contribution in [0.5, 0.6) is 0 Å². The van der Waals surface area contributed by atoms with Crippen LogP contribution in [-0.4, -0.2) is 25.6 Å². The highest BCUT2D eigenvalue weighted by atomic mass is 32.2. The number of aromatic nitrogens is 1. The van der Waals surface area contributed by atoms with E-state index >= 15 is 0 Å². The predicted molar refractivity (Wildman–Crippen MR) is 118 cm³/mol. The quantitative estimate of drug-likeness (QED) is 0.496. The molecule has 0 saturated heterocycles. The summed E-state index contributed by atoms with van der Waals surface area (Å²) in [4.78, 5) is 16.3. The second-order valence-corrected chi connectivity index (χ2v) is 9.23. The Morgan fingerprint density at radius 1 is 1.21 bits per heavy atom. The number of hydrogen-bond donors (Lipinski definition) is 2. The molecule has 1 aromatic heterocycles. The number of amides is 1. The molecule has 0 aliphatic heterocycles. The molecule has 2 N–H and O–H groups in total. The summed E-state index contributed by atoms with van der Waals surface area (Å²) in [6.07, 6.45) is 0.979. The van der Waals surface area contributed by atoms with E-state index < -0.39 is 39.5 Å². The number of allylic oxidation sites excluding steroid dienone is 1. The van der Waals surface area contributed by atoms with E-state index in [-0.39, 0.29) is 17.9 Å². The van der Waals surface area contributed by atoms with Crippen LogP contribution in [0.3, 0.4) is 0 Å². The first-order valence-corrected chi connectivity index (χ1v) is 12.0. The molecule has 6 nitrogen and oxygen atoms in total. The molecule has 2 rings (SSSR count). The molecule has 1 amide bonds. The maximum absolute atomic E-state index is 14.2. The molecule has 0 spiro atoms. The van der Waals surface area contributed by atoms with E-state index in [0.29, 0.717) is 17.5 Å². The number of alkyl halides is 3. The van der Waals surface area contributed by atoms with Gasteiger partial charge in [0, 0.05) is 6.54 Å². The first-order chi connectivity index (χ1) is 15.3. The van der Waals surface area contributed by atoms with Gasteiger partial charge in [-0.3, -0.25) is 9.52 Å². The summed E-state index contributed by atoms with van der Waals surface area (Å²) in [6, 6.07) is 5.80. The summed E-state index contributed by atoms with van der Waals surface area (Å²) in [7, 11) is -3.66. The number of nitrogens with one attached hydrogen (secondary N) is 2. The summed E-state index contributed by atoms with van der Waals surface area (Å²) in [5.74, 6) is -2.12. The molecule has 0 fully saturated rings. The molecule has 1 atom stereocenters. The highest BCUT2D eigenvalue weighted by molar-refractivity contribution is 7.92. The molecule has 0 aliphatic rings. The average Bonchev–Trinajstić information content (AvgIpc) is 2.72. The molecule has 1 aromatic carbocycles. The Morgan fingerprint density at radius 2 is 1.91 bits per heavy atom. The van der Waals surface area contributed by atoms with Crippen LogP contribution in [0.25, 0.3) is 6.08 Å². The number of rotatable bonds is 9. The topological polar surface area (TPSA) is 88.2 Å². The number of pyridine rings is 1. The minimum absolute atomic E-state index is 0.0731. The molecule has 0 saturated carbocycles. The molecule has 0 bridgehead atoms. The summed E-state index contributed by atoms with van der Waals surface area (Å²) < 4.78 is 77.9. The highest BCUT2D eigenvalue weighted by Gasteiger charge is 2.32. The second kappa shape index (κ2) is 10.8. The molecule has 0 aliphatic carbocycles. The van der Waals surface area contributed by atoms with Crippen molar-refractivity contribution in [1.29, 1.82) is 0 Å². The minimum Gasteiger partial charge on any atom is -0.351 e. The fraction of sp³-hybridized carbons (Fsp3) is 0.364. The average molecular weight is 488 g/mol. The maximum atomic E-state index is 14.2. The molecule has 11 heteroatoms. The Labute approximate surface area is 190 Å². The predicted octanol–water partition coefficient (Wildman–Crippen LogP) is 4.84. The first kappa shape index (κ1) is 26.3. The minimum atomic E-state index is -4.59. The van der Waals surface area contributed by atoms with Crippen molar-refractivity contribution in [2.75, 3.05) is 11.0 Å². The smallest absolute Gasteiger partial charge is 0.351 e. The number of hydrogen-bond acceptors (Lipinski definition) is 4. The third-order valence-corrected chi connectivity index (χ3v) is 5.26.